The Morgan fingerprint density at radius 1 is 1.11 bits per heavy atom. The molecule has 1 saturated heterocycles. The Kier molecular flexibility index (Phi) is 3.66. The molecule has 1 aromatic heterocycles. The van der Waals surface area contributed by atoms with Gasteiger partial charge in [-0.25, -0.2) is 0 Å². The number of piperidine rings is 1. The SMILES string of the molecule is Clc1nnc(NC2CCCNC2)c2c1CCCC2. The van der Waals surface area contributed by atoms with E-state index in [1.807, 2.05) is 0 Å². The van der Waals surface area contributed by atoms with Gasteiger partial charge in [-0.3, -0.25) is 0 Å². The maximum absolute atomic E-state index is 6.14. The van der Waals surface area contributed by atoms with Crippen molar-refractivity contribution in [2.45, 2.75) is 44.6 Å². The summed E-state index contributed by atoms with van der Waals surface area (Å²) >= 11 is 6.14. The van der Waals surface area contributed by atoms with Crippen molar-refractivity contribution in [3.63, 3.8) is 0 Å². The molecule has 0 aromatic carbocycles. The molecule has 1 aliphatic heterocycles. The maximum Gasteiger partial charge on any atom is 0.155 e. The molecule has 1 aliphatic carbocycles. The Hall–Kier alpha value is -0.870. The number of anilines is 1. The Morgan fingerprint density at radius 3 is 2.72 bits per heavy atom. The summed E-state index contributed by atoms with van der Waals surface area (Å²) in [4.78, 5) is 0. The number of aromatic nitrogens is 2. The molecular weight excluding hydrogens is 248 g/mol. The zero-order chi connectivity index (χ0) is 12.4. The fourth-order valence-electron chi connectivity index (χ4n) is 2.89. The summed E-state index contributed by atoms with van der Waals surface area (Å²) in [5.74, 6) is 0.961. The molecule has 4 nitrogen and oxygen atoms in total. The lowest BCUT2D eigenvalue weighted by Crippen LogP contribution is -2.39. The molecule has 0 saturated carbocycles. The second-order valence-electron chi connectivity index (χ2n) is 5.19. The van der Waals surface area contributed by atoms with Gasteiger partial charge in [0, 0.05) is 18.2 Å². The summed E-state index contributed by atoms with van der Waals surface area (Å²) in [6.07, 6.45) is 6.98. The Bertz CT molecular complexity index is 429. The van der Waals surface area contributed by atoms with Crippen LogP contribution in [-0.4, -0.2) is 29.3 Å². The first-order valence-corrected chi connectivity index (χ1v) is 7.23. The van der Waals surface area contributed by atoms with Gasteiger partial charge in [0.1, 0.15) is 0 Å². The predicted molar refractivity (Wildman–Crippen MR) is 73.2 cm³/mol. The lowest BCUT2D eigenvalue weighted by molar-refractivity contribution is 0.478. The van der Waals surface area contributed by atoms with E-state index < -0.39 is 0 Å². The van der Waals surface area contributed by atoms with Crippen LogP contribution in [0.3, 0.4) is 0 Å². The molecule has 2 N–H and O–H groups in total. The van der Waals surface area contributed by atoms with E-state index in [1.54, 1.807) is 0 Å². The molecule has 0 radical (unpaired) electrons. The first-order chi connectivity index (χ1) is 8.84. The highest BCUT2D eigenvalue weighted by Crippen LogP contribution is 2.30. The van der Waals surface area contributed by atoms with Crippen molar-refractivity contribution in [2.75, 3.05) is 18.4 Å². The standard InChI is InChI=1S/C13H19ClN4/c14-12-10-5-1-2-6-11(10)13(18-17-12)16-9-4-3-7-15-8-9/h9,15H,1-8H2,(H,16,18). The van der Waals surface area contributed by atoms with Gasteiger partial charge >= 0.3 is 0 Å². The molecule has 0 bridgehead atoms. The van der Waals surface area contributed by atoms with E-state index in [-0.39, 0.29) is 0 Å². The van der Waals surface area contributed by atoms with Gasteiger partial charge in [0.05, 0.1) is 0 Å². The van der Waals surface area contributed by atoms with Gasteiger partial charge in [0.25, 0.3) is 0 Å². The van der Waals surface area contributed by atoms with Crippen molar-refractivity contribution in [3.05, 3.63) is 16.3 Å². The largest absolute Gasteiger partial charge is 0.364 e. The van der Waals surface area contributed by atoms with E-state index in [4.69, 9.17) is 11.6 Å². The molecule has 98 valence electrons. The van der Waals surface area contributed by atoms with E-state index in [0.29, 0.717) is 11.2 Å². The number of hydrogen-bond acceptors (Lipinski definition) is 4. The summed E-state index contributed by atoms with van der Waals surface area (Å²) < 4.78 is 0. The van der Waals surface area contributed by atoms with Crippen LogP contribution in [0.5, 0.6) is 0 Å². The summed E-state index contributed by atoms with van der Waals surface area (Å²) in [5, 5.41) is 15.9. The van der Waals surface area contributed by atoms with Crippen molar-refractivity contribution in [3.8, 4) is 0 Å². The van der Waals surface area contributed by atoms with Crippen LogP contribution in [0.15, 0.2) is 0 Å². The number of nitrogens with one attached hydrogen (secondary N) is 2. The average molecular weight is 267 g/mol. The highest BCUT2D eigenvalue weighted by Gasteiger charge is 2.21. The smallest absolute Gasteiger partial charge is 0.155 e. The molecule has 1 atom stereocenters. The number of hydrogen-bond donors (Lipinski definition) is 2. The molecule has 0 spiro atoms. The van der Waals surface area contributed by atoms with Gasteiger partial charge in [0.2, 0.25) is 0 Å². The lowest BCUT2D eigenvalue weighted by Gasteiger charge is -2.26. The summed E-state index contributed by atoms with van der Waals surface area (Å²) in [7, 11) is 0. The normalized spacial score (nSPS) is 23.5. The minimum Gasteiger partial charge on any atom is -0.364 e. The van der Waals surface area contributed by atoms with Gasteiger partial charge in [0.15, 0.2) is 11.0 Å². The highest BCUT2D eigenvalue weighted by atomic mass is 35.5. The third kappa shape index (κ3) is 2.45. The quantitative estimate of drug-likeness (QED) is 0.861. The molecular formula is C13H19ClN4. The summed E-state index contributed by atoms with van der Waals surface area (Å²) in [5.41, 5.74) is 2.51. The first-order valence-electron chi connectivity index (χ1n) is 6.86. The van der Waals surface area contributed by atoms with Crippen LogP contribution >= 0.6 is 11.6 Å². The van der Waals surface area contributed by atoms with Gasteiger partial charge in [-0.2, -0.15) is 0 Å². The minimum absolute atomic E-state index is 0.472. The third-order valence-electron chi connectivity index (χ3n) is 3.88. The average Bonchev–Trinajstić information content (AvgIpc) is 2.44. The van der Waals surface area contributed by atoms with Gasteiger partial charge in [-0.05, 0) is 50.6 Å². The van der Waals surface area contributed by atoms with Crippen molar-refractivity contribution >= 4 is 17.4 Å². The van der Waals surface area contributed by atoms with E-state index in [9.17, 15) is 0 Å². The van der Waals surface area contributed by atoms with Gasteiger partial charge < -0.3 is 10.6 Å². The number of nitrogens with zero attached hydrogens (tertiary/aromatic N) is 2. The van der Waals surface area contributed by atoms with E-state index in [2.05, 4.69) is 20.8 Å². The maximum atomic E-state index is 6.14. The summed E-state index contributed by atoms with van der Waals surface area (Å²) in [6.45, 7) is 2.14. The third-order valence-corrected chi connectivity index (χ3v) is 4.18. The van der Waals surface area contributed by atoms with Gasteiger partial charge in [-0.15, -0.1) is 10.2 Å². The van der Waals surface area contributed by atoms with Crippen molar-refractivity contribution in [1.82, 2.24) is 15.5 Å². The van der Waals surface area contributed by atoms with E-state index in [1.165, 1.54) is 36.8 Å². The van der Waals surface area contributed by atoms with Crippen molar-refractivity contribution in [1.29, 1.82) is 0 Å². The molecule has 18 heavy (non-hydrogen) atoms. The molecule has 3 rings (SSSR count). The Balaban J connectivity index is 1.82. The number of fused-ring (bicyclic) bond motifs is 1. The first kappa shape index (κ1) is 12.2. The second kappa shape index (κ2) is 5.41. The molecule has 1 aromatic rings. The van der Waals surface area contributed by atoms with Crippen LogP contribution in [0.4, 0.5) is 5.82 Å². The molecule has 0 amide bonds. The fraction of sp³-hybridized carbons (Fsp3) is 0.692. The van der Waals surface area contributed by atoms with E-state index >= 15 is 0 Å². The second-order valence-corrected chi connectivity index (χ2v) is 5.55. The molecule has 1 unspecified atom stereocenters. The van der Waals surface area contributed by atoms with Crippen molar-refractivity contribution < 1.29 is 0 Å². The predicted octanol–water partition coefficient (Wildman–Crippen LogP) is 2.17. The highest BCUT2D eigenvalue weighted by molar-refractivity contribution is 6.30. The minimum atomic E-state index is 0.472. The van der Waals surface area contributed by atoms with Crippen molar-refractivity contribution in [2.24, 2.45) is 0 Å². The number of halogens is 1. The Morgan fingerprint density at radius 2 is 1.94 bits per heavy atom. The van der Waals surface area contributed by atoms with Crippen LogP contribution in [0.2, 0.25) is 5.15 Å². The van der Waals surface area contributed by atoms with Crippen LogP contribution in [-0.2, 0) is 12.8 Å². The van der Waals surface area contributed by atoms with Crippen LogP contribution < -0.4 is 10.6 Å². The van der Waals surface area contributed by atoms with Gasteiger partial charge in [-0.1, -0.05) is 11.6 Å². The van der Waals surface area contributed by atoms with Crippen LogP contribution in [0.25, 0.3) is 0 Å². The molecule has 2 aliphatic rings. The molecule has 2 heterocycles. The summed E-state index contributed by atoms with van der Waals surface area (Å²) in [6, 6.07) is 0.472. The molecule has 1 fully saturated rings. The van der Waals surface area contributed by atoms with E-state index in [0.717, 1.165) is 31.7 Å². The number of rotatable bonds is 2. The monoisotopic (exact) mass is 266 g/mol. The zero-order valence-corrected chi connectivity index (χ0v) is 11.3. The lowest BCUT2D eigenvalue weighted by atomic mass is 9.93. The molecule has 5 heteroatoms. The fourth-order valence-corrected chi connectivity index (χ4v) is 3.14. The van der Waals surface area contributed by atoms with Crippen LogP contribution in [0.1, 0.15) is 36.8 Å². The van der Waals surface area contributed by atoms with Crippen LogP contribution in [0, 0.1) is 0 Å². The Labute approximate surface area is 113 Å². The zero-order valence-electron chi connectivity index (χ0n) is 10.5. The topological polar surface area (TPSA) is 49.8 Å².